The van der Waals surface area contributed by atoms with Crippen molar-refractivity contribution < 1.29 is 14.7 Å². The Hall–Kier alpha value is -1.10. The van der Waals surface area contributed by atoms with Gasteiger partial charge in [-0.2, -0.15) is 0 Å². The Balaban J connectivity index is 1.85. The first-order chi connectivity index (χ1) is 7.66. The fourth-order valence-corrected chi connectivity index (χ4v) is 2.40. The Kier molecular flexibility index (Phi) is 3.43. The molecule has 2 rings (SSSR count). The quantitative estimate of drug-likeness (QED) is 0.706. The lowest BCUT2D eigenvalue weighted by Crippen LogP contribution is -2.54. The van der Waals surface area contributed by atoms with E-state index in [9.17, 15) is 9.59 Å². The number of piperidine rings is 1. The summed E-state index contributed by atoms with van der Waals surface area (Å²) in [7, 11) is 0. The van der Waals surface area contributed by atoms with Gasteiger partial charge in [-0.1, -0.05) is 0 Å². The molecule has 0 bridgehead atoms. The molecule has 16 heavy (non-hydrogen) atoms. The Morgan fingerprint density at radius 1 is 1.38 bits per heavy atom. The van der Waals surface area contributed by atoms with Gasteiger partial charge in [0.05, 0.1) is 5.92 Å². The van der Waals surface area contributed by atoms with Gasteiger partial charge in [0.15, 0.2) is 0 Å². The first-order valence-corrected chi connectivity index (χ1v) is 5.88. The lowest BCUT2D eigenvalue weighted by atomic mass is 9.93. The second-order valence-electron chi connectivity index (χ2n) is 4.75. The number of likely N-dealkylation sites (tertiary alicyclic amines) is 1. The zero-order chi connectivity index (χ0) is 11.5. The first kappa shape index (κ1) is 11.4. The summed E-state index contributed by atoms with van der Waals surface area (Å²) < 4.78 is 0. The molecule has 0 aromatic rings. The number of amides is 1. The number of nitrogens with one attached hydrogen (secondary N) is 1. The molecule has 0 radical (unpaired) electrons. The monoisotopic (exact) mass is 226 g/mol. The van der Waals surface area contributed by atoms with E-state index >= 15 is 0 Å². The van der Waals surface area contributed by atoms with Gasteiger partial charge >= 0.3 is 5.97 Å². The topological polar surface area (TPSA) is 69.6 Å². The number of carbonyl (C=O) groups excluding carboxylic acids is 1. The van der Waals surface area contributed by atoms with E-state index in [2.05, 4.69) is 5.32 Å². The summed E-state index contributed by atoms with van der Waals surface area (Å²) in [4.78, 5) is 24.4. The van der Waals surface area contributed by atoms with Crippen LogP contribution in [0.4, 0.5) is 0 Å². The number of nitrogens with zero attached hydrogens (tertiary/aromatic N) is 1. The molecule has 0 spiro atoms. The van der Waals surface area contributed by atoms with E-state index in [-0.39, 0.29) is 24.2 Å². The summed E-state index contributed by atoms with van der Waals surface area (Å²) in [5.41, 5.74) is 0. The van der Waals surface area contributed by atoms with Crippen LogP contribution in [0.15, 0.2) is 0 Å². The number of rotatable bonds is 3. The minimum absolute atomic E-state index is 0.128. The van der Waals surface area contributed by atoms with Gasteiger partial charge in [0, 0.05) is 32.6 Å². The molecule has 0 aromatic carbocycles. The zero-order valence-electron chi connectivity index (χ0n) is 9.32. The highest BCUT2D eigenvalue weighted by molar-refractivity contribution is 5.80. The minimum Gasteiger partial charge on any atom is -0.481 e. The summed E-state index contributed by atoms with van der Waals surface area (Å²) in [5, 5.41) is 11.8. The maximum absolute atomic E-state index is 12.0. The number of hydrogen-bond donors (Lipinski definition) is 2. The van der Waals surface area contributed by atoms with Crippen LogP contribution in [0.2, 0.25) is 0 Å². The number of carboxylic acid groups (broad SMARTS) is 1. The van der Waals surface area contributed by atoms with Crippen LogP contribution in [-0.4, -0.2) is 48.1 Å². The van der Waals surface area contributed by atoms with Crippen molar-refractivity contribution >= 4 is 11.9 Å². The van der Waals surface area contributed by atoms with Crippen LogP contribution in [0.5, 0.6) is 0 Å². The molecule has 2 aliphatic rings. The molecule has 2 aliphatic heterocycles. The Labute approximate surface area is 94.8 Å². The van der Waals surface area contributed by atoms with Crippen molar-refractivity contribution in [1.29, 1.82) is 0 Å². The van der Waals surface area contributed by atoms with Crippen LogP contribution >= 0.6 is 0 Å². The minimum atomic E-state index is -0.760. The summed E-state index contributed by atoms with van der Waals surface area (Å²) in [6.45, 7) is 2.98. The SMILES string of the molecule is O=C(O)CC1CCCN(C(=O)C2CNC2)C1. The Bertz CT molecular complexity index is 289. The standard InChI is InChI=1S/C11H18N2O3/c14-10(15)4-8-2-1-3-13(7-8)11(16)9-5-12-6-9/h8-9,12H,1-7H2,(H,14,15). The predicted octanol–water partition coefficient (Wildman–Crippen LogP) is -0.0809. The van der Waals surface area contributed by atoms with E-state index < -0.39 is 5.97 Å². The molecule has 2 saturated heterocycles. The van der Waals surface area contributed by atoms with E-state index in [0.717, 1.165) is 32.5 Å². The third-order valence-corrected chi connectivity index (χ3v) is 3.42. The lowest BCUT2D eigenvalue weighted by molar-refractivity contribution is -0.143. The largest absolute Gasteiger partial charge is 0.481 e. The molecule has 0 saturated carbocycles. The van der Waals surface area contributed by atoms with Crippen molar-refractivity contribution in [2.75, 3.05) is 26.2 Å². The molecular weight excluding hydrogens is 208 g/mol. The summed E-state index contributed by atoms with van der Waals surface area (Å²) in [6, 6.07) is 0. The van der Waals surface area contributed by atoms with Crippen molar-refractivity contribution in [3.63, 3.8) is 0 Å². The molecule has 5 heteroatoms. The average molecular weight is 226 g/mol. The van der Waals surface area contributed by atoms with Crippen LogP contribution < -0.4 is 5.32 Å². The molecule has 2 fully saturated rings. The zero-order valence-corrected chi connectivity index (χ0v) is 9.32. The van der Waals surface area contributed by atoms with Crippen molar-refractivity contribution in [3.05, 3.63) is 0 Å². The maximum Gasteiger partial charge on any atom is 0.303 e. The predicted molar refractivity (Wildman–Crippen MR) is 57.9 cm³/mol. The van der Waals surface area contributed by atoms with Gasteiger partial charge in [0.1, 0.15) is 0 Å². The van der Waals surface area contributed by atoms with Crippen LogP contribution in [0.3, 0.4) is 0 Å². The van der Waals surface area contributed by atoms with Gasteiger partial charge in [-0.15, -0.1) is 0 Å². The highest BCUT2D eigenvalue weighted by atomic mass is 16.4. The highest BCUT2D eigenvalue weighted by Crippen LogP contribution is 2.21. The Morgan fingerprint density at radius 3 is 2.69 bits per heavy atom. The molecule has 0 aromatic heterocycles. The highest BCUT2D eigenvalue weighted by Gasteiger charge is 2.32. The Morgan fingerprint density at radius 2 is 2.12 bits per heavy atom. The number of aliphatic carboxylic acids is 1. The molecule has 0 aliphatic carbocycles. The van der Waals surface area contributed by atoms with Crippen LogP contribution in [-0.2, 0) is 9.59 Å². The fraction of sp³-hybridized carbons (Fsp3) is 0.818. The van der Waals surface area contributed by atoms with Crippen LogP contribution in [0, 0.1) is 11.8 Å². The van der Waals surface area contributed by atoms with E-state index in [1.807, 2.05) is 4.90 Å². The van der Waals surface area contributed by atoms with E-state index in [0.29, 0.717) is 6.54 Å². The average Bonchev–Trinajstić information content (AvgIpc) is 2.14. The van der Waals surface area contributed by atoms with Gasteiger partial charge < -0.3 is 15.3 Å². The van der Waals surface area contributed by atoms with Crippen molar-refractivity contribution in [2.24, 2.45) is 11.8 Å². The second-order valence-corrected chi connectivity index (χ2v) is 4.75. The maximum atomic E-state index is 12.0. The molecular formula is C11H18N2O3. The van der Waals surface area contributed by atoms with Gasteiger partial charge in [-0.3, -0.25) is 9.59 Å². The first-order valence-electron chi connectivity index (χ1n) is 5.88. The third kappa shape index (κ3) is 2.52. The smallest absolute Gasteiger partial charge is 0.303 e. The summed E-state index contributed by atoms with van der Waals surface area (Å²) in [6.07, 6.45) is 2.05. The van der Waals surface area contributed by atoms with Crippen LogP contribution in [0.25, 0.3) is 0 Å². The van der Waals surface area contributed by atoms with Crippen molar-refractivity contribution in [1.82, 2.24) is 10.2 Å². The number of carboxylic acids is 1. The number of carbonyl (C=O) groups is 2. The van der Waals surface area contributed by atoms with Gasteiger partial charge in [0.25, 0.3) is 0 Å². The molecule has 90 valence electrons. The van der Waals surface area contributed by atoms with Crippen molar-refractivity contribution in [2.45, 2.75) is 19.3 Å². The summed E-state index contributed by atoms with van der Waals surface area (Å²) in [5.74, 6) is -0.287. The second kappa shape index (κ2) is 4.82. The van der Waals surface area contributed by atoms with Gasteiger partial charge in [-0.05, 0) is 18.8 Å². The molecule has 1 amide bonds. The summed E-state index contributed by atoms with van der Waals surface area (Å²) >= 11 is 0. The normalized spacial score (nSPS) is 26.2. The van der Waals surface area contributed by atoms with E-state index in [1.165, 1.54) is 0 Å². The number of hydrogen-bond acceptors (Lipinski definition) is 3. The lowest BCUT2D eigenvalue weighted by Gasteiger charge is -2.37. The molecule has 5 nitrogen and oxygen atoms in total. The third-order valence-electron chi connectivity index (χ3n) is 3.42. The van der Waals surface area contributed by atoms with E-state index in [4.69, 9.17) is 5.11 Å². The molecule has 2 N–H and O–H groups in total. The molecule has 2 heterocycles. The van der Waals surface area contributed by atoms with Crippen molar-refractivity contribution in [3.8, 4) is 0 Å². The van der Waals surface area contributed by atoms with Gasteiger partial charge in [-0.25, -0.2) is 0 Å². The van der Waals surface area contributed by atoms with Gasteiger partial charge in [0.2, 0.25) is 5.91 Å². The molecule has 1 unspecified atom stereocenters. The van der Waals surface area contributed by atoms with Crippen LogP contribution in [0.1, 0.15) is 19.3 Å². The fourth-order valence-electron chi connectivity index (χ4n) is 2.40. The van der Waals surface area contributed by atoms with E-state index in [1.54, 1.807) is 0 Å². The molecule has 1 atom stereocenters.